The second kappa shape index (κ2) is 17.8. The average molecular weight is 740 g/mol. The van der Waals surface area contributed by atoms with Gasteiger partial charge in [0.1, 0.15) is 30.3 Å². The topological polar surface area (TPSA) is 57.2 Å². The average Bonchev–Trinajstić information content (AvgIpc) is 3.56. The third kappa shape index (κ3) is 8.61. The lowest BCUT2D eigenvalue weighted by Crippen LogP contribution is -2.64. The van der Waals surface area contributed by atoms with Crippen LogP contribution in [-0.4, -0.2) is 53.1 Å². The first kappa shape index (κ1) is 36.6. The minimum Gasteiger partial charge on any atom is -0.448 e. The van der Waals surface area contributed by atoms with E-state index in [0.717, 1.165) is 29.5 Å². The second-order valence-corrected chi connectivity index (χ2v) is 16.0. The van der Waals surface area contributed by atoms with Crippen LogP contribution in [0.15, 0.2) is 140 Å². The fourth-order valence-corrected chi connectivity index (χ4v) is 9.90. The van der Waals surface area contributed by atoms with Crippen molar-refractivity contribution in [2.75, 3.05) is 13.2 Å². The summed E-state index contributed by atoms with van der Waals surface area (Å²) in [7, 11) is 0. The van der Waals surface area contributed by atoms with Crippen LogP contribution in [0.5, 0.6) is 0 Å². The monoisotopic (exact) mass is 739 g/mol. The lowest BCUT2D eigenvalue weighted by molar-refractivity contribution is -0.186. The first-order valence-electron chi connectivity index (χ1n) is 19.4. The molecule has 1 saturated carbocycles. The highest BCUT2D eigenvalue weighted by molar-refractivity contribution is 8.00. The van der Waals surface area contributed by atoms with Gasteiger partial charge in [-0.05, 0) is 51.8 Å². The Hall–Kier alpha value is -4.40. The van der Waals surface area contributed by atoms with Crippen LogP contribution in [0.2, 0.25) is 0 Å². The van der Waals surface area contributed by atoms with Gasteiger partial charge in [-0.15, -0.1) is 11.8 Å². The first-order chi connectivity index (χ1) is 26.7. The number of hydrogen-bond acceptors (Lipinski definition) is 6. The zero-order valence-electron chi connectivity index (χ0n) is 30.7. The van der Waals surface area contributed by atoms with Crippen molar-refractivity contribution in [1.29, 1.82) is 0 Å². The number of thioether (sulfide) groups is 1. The van der Waals surface area contributed by atoms with Gasteiger partial charge in [-0.25, -0.2) is 4.79 Å². The number of rotatable bonds is 13. The summed E-state index contributed by atoms with van der Waals surface area (Å²) >= 11 is 1.86. The molecule has 0 N–H and O–H groups in total. The second-order valence-electron chi connectivity index (χ2n) is 14.6. The van der Waals surface area contributed by atoms with Crippen molar-refractivity contribution in [2.45, 2.75) is 86.8 Å². The summed E-state index contributed by atoms with van der Waals surface area (Å²) in [6.45, 7) is 1.78. The summed E-state index contributed by atoms with van der Waals surface area (Å²) in [5.74, 6) is -0.0344. The Morgan fingerprint density at radius 3 is 1.61 bits per heavy atom. The van der Waals surface area contributed by atoms with Crippen LogP contribution in [0.1, 0.15) is 65.8 Å². The quantitative estimate of drug-likeness (QED) is 0.120. The van der Waals surface area contributed by atoms with Crippen molar-refractivity contribution in [3.8, 4) is 11.1 Å². The fourth-order valence-electron chi connectivity index (χ4n) is 8.20. The largest absolute Gasteiger partial charge is 0.448 e. The molecule has 4 atom stereocenters. The number of nitrogens with zero attached hydrogens (tertiary/aromatic N) is 1. The fraction of sp³-hybridized carbons (Fsp3) is 0.340. The van der Waals surface area contributed by atoms with Crippen LogP contribution in [0.4, 0.5) is 4.79 Å². The van der Waals surface area contributed by atoms with E-state index in [4.69, 9.17) is 18.9 Å². The number of benzene rings is 5. The van der Waals surface area contributed by atoms with Crippen molar-refractivity contribution in [3.05, 3.63) is 167 Å². The molecule has 54 heavy (non-hydrogen) atoms. The summed E-state index contributed by atoms with van der Waals surface area (Å²) in [6, 6.07) is 47.6. The number of hydrogen-bond donors (Lipinski definition) is 0. The minimum absolute atomic E-state index is 0.0344. The molecule has 3 aliphatic rings. The maximum Gasteiger partial charge on any atom is 0.410 e. The minimum atomic E-state index is -0.476. The molecular formula is C47H49NO5S. The highest BCUT2D eigenvalue weighted by atomic mass is 32.2. The number of carbonyl (C=O) groups excluding carboxylic acids is 1. The molecule has 2 fully saturated rings. The van der Waals surface area contributed by atoms with E-state index in [-0.39, 0.29) is 24.0 Å². The van der Waals surface area contributed by atoms with Crippen LogP contribution in [0, 0.1) is 0 Å². The van der Waals surface area contributed by atoms with Gasteiger partial charge in [-0.3, -0.25) is 4.90 Å². The van der Waals surface area contributed by atoms with Gasteiger partial charge in [0, 0.05) is 11.2 Å². The number of ether oxygens (including phenoxy) is 4. The molecule has 1 amide bonds. The van der Waals surface area contributed by atoms with Gasteiger partial charge in [0.25, 0.3) is 0 Å². The number of amides is 1. The summed E-state index contributed by atoms with van der Waals surface area (Å²) in [4.78, 5) is 16.6. The Bertz CT molecular complexity index is 1890. The van der Waals surface area contributed by atoms with E-state index in [1.54, 1.807) is 0 Å². The molecule has 1 saturated heterocycles. The predicted molar refractivity (Wildman–Crippen MR) is 215 cm³/mol. The molecular weight excluding hydrogens is 691 g/mol. The van der Waals surface area contributed by atoms with Crippen molar-refractivity contribution in [2.24, 2.45) is 0 Å². The van der Waals surface area contributed by atoms with E-state index < -0.39 is 18.3 Å². The van der Waals surface area contributed by atoms with Gasteiger partial charge >= 0.3 is 6.09 Å². The van der Waals surface area contributed by atoms with Crippen LogP contribution >= 0.6 is 11.8 Å². The standard InChI is InChI=1S/C47H49NO5S/c49-47(53-33-42-40-27-15-13-25-38(40)39-26-14-16-28-41(39)42)48-29-43(50-30-34-17-5-1-6-18-34)44(51-31-35-19-7-2-8-20-35)45(52-32-36-21-9-3-10-22-36)46(48)54-37-23-11-4-12-24-37/h1-3,5-10,13-22,25-28,37,42-46H,4,11-12,23-24,29-33H2/t43-,44-,45+,46+/m1/s1. The van der Waals surface area contributed by atoms with E-state index in [1.807, 2.05) is 71.3 Å². The van der Waals surface area contributed by atoms with Crippen LogP contribution in [-0.2, 0) is 38.8 Å². The van der Waals surface area contributed by atoms with E-state index in [9.17, 15) is 4.79 Å². The molecule has 7 heteroatoms. The van der Waals surface area contributed by atoms with E-state index in [2.05, 4.69) is 84.9 Å². The number of piperidine rings is 1. The lowest BCUT2D eigenvalue weighted by Gasteiger charge is -2.48. The van der Waals surface area contributed by atoms with Crippen molar-refractivity contribution < 1.29 is 23.7 Å². The molecule has 0 bridgehead atoms. The molecule has 1 heterocycles. The molecule has 8 rings (SSSR count). The van der Waals surface area contributed by atoms with Gasteiger partial charge in [-0.1, -0.05) is 159 Å². The summed E-state index contributed by atoms with van der Waals surface area (Å²) in [5, 5.41) is 0.0804. The maximum absolute atomic E-state index is 14.7. The summed E-state index contributed by atoms with van der Waals surface area (Å²) < 4.78 is 27.1. The first-order valence-corrected chi connectivity index (χ1v) is 20.4. The molecule has 278 valence electrons. The zero-order chi connectivity index (χ0) is 36.5. The van der Waals surface area contributed by atoms with Crippen molar-refractivity contribution in [3.63, 3.8) is 0 Å². The third-order valence-corrected chi connectivity index (χ3v) is 12.6. The highest BCUT2D eigenvalue weighted by Crippen LogP contribution is 2.45. The van der Waals surface area contributed by atoms with Gasteiger partial charge in [-0.2, -0.15) is 0 Å². The predicted octanol–water partition coefficient (Wildman–Crippen LogP) is 10.4. The Morgan fingerprint density at radius 2 is 1.06 bits per heavy atom. The summed E-state index contributed by atoms with van der Waals surface area (Å²) in [6.07, 6.45) is 4.18. The molecule has 0 aromatic heterocycles. The molecule has 6 nitrogen and oxygen atoms in total. The Morgan fingerprint density at radius 1 is 0.574 bits per heavy atom. The van der Waals surface area contributed by atoms with E-state index in [1.165, 1.54) is 41.5 Å². The molecule has 0 spiro atoms. The van der Waals surface area contributed by atoms with Gasteiger partial charge in [0.2, 0.25) is 0 Å². The molecule has 0 radical (unpaired) electrons. The van der Waals surface area contributed by atoms with Crippen molar-refractivity contribution >= 4 is 17.9 Å². The lowest BCUT2D eigenvalue weighted by atomic mass is 9.98. The Balaban J connectivity index is 1.11. The molecule has 2 aliphatic carbocycles. The molecule has 1 aliphatic heterocycles. The third-order valence-electron chi connectivity index (χ3n) is 11.0. The smallest absolute Gasteiger partial charge is 0.410 e. The van der Waals surface area contributed by atoms with E-state index in [0.29, 0.717) is 31.6 Å². The normalized spacial score (nSPS) is 21.4. The van der Waals surface area contributed by atoms with Gasteiger partial charge in [0.05, 0.1) is 26.4 Å². The molecule has 5 aromatic rings. The summed E-state index contributed by atoms with van der Waals surface area (Å²) in [5.41, 5.74) is 8.02. The number of carbonyl (C=O) groups is 1. The Kier molecular flexibility index (Phi) is 12.1. The molecule has 5 aromatic carbocycles. The Labute approximate surface area is 323 Å². The SMILES string of the molecule is O=C(OCC1c2ccccc2-c2ccccc21)N1C[C@@H](OCc2ccccc2)[C@@H](OCc2ccccc2)[C@H](OCc2ccccc2)[C@@H]1SC1CCCCC1. The van der Waals surface area contributed by atoms with Gasteiger partial charge < -0.3 is 18.9 Å². The van der Waals surface area contributed by atoms with Gasteiger partial charge in [0.15, 0.2) is 0 Å². The number of likely N-dealkylation sites (tertiary alicyclic amines) is 1. The van der Waals surface area contributed by atoms with Crippen LogP contribution in [0.3, 0.4) is 0 Å². The van der Waals surface area contributed by atoms with Crippen molar-refractivity contribution in [1.82, 2.24) is 4.90 Å². The van der Waals surface area contributed by atoms with Crippen LogP contribution < -0.4 is 0 Å². The highest BCUT2D eigenvalue weighted by Gasteiger charge is 2.49. The molecule has 0 unspecified atom stereocenters. The van der Waals surface area contributed by atoms with E-state index >= 15 is 0 Å². The van der Waals surface area contributed by atoms with Crippen LogP contribution in [0.25, 0.3) is 11.1 Å². The maximum atomic E-state index is 14.7. The zero-order valence-corrected chi connectivity index (χ0v) is 31.5. The number of fused-ring (bicyclic) bond motifs is 3.